The Bertz CT molecular complexity index is 378. The monoisotopic (exact) mass is 237 g/mol. The number of anilines is 2. The Hall–Kier alpha value is -1.23. The lowest BCUT2D eigenvalue weighted by Gasteiger charge is -2.24. The molecule has 1 atom stereocenters. The molecular weight excluding hydrogens is 214 g/mol. The number of hydrogen-bond acceptors (Lipinski definition) is 4. The van der Waals surface area contributed by atoms with Crippen LogP contribution in [0, 0.1) is 6.92 Å². The van der Waals surface area contributed by atoms with Crippen molar-refractivity contribution in [1.82, 2.24) is 14.7 Å². The van der Waals surface area contributed by atoms with Crippen molar-refractivity contribution >= 4 is 11.5 Å². The van der Waals surface area contributed by atoms with E-state index in [1.807, 2.05) is 18.7 Å². The first-order chi connectivity index (χ1) is 8.09. The van der Waals surface area contributed by atoms with Crippen molar-refractivity contribution in [3.05, 3.63) is 5.69 Å². The van der Waals surface area contributed by atoms with E-state index in [1.165, 1.54) is 25.9 Å². The molecular formula is C12H23N5. The van der Waals surface area contributed by atoms with Crippen LogP contribution in [0.3, 0.4) is 0 Å². The van der Waals surface area contributed by atoms with Gasteiger partial charge in [-0.05, 0) is 39.8 Å². The van der Waals surface area contributed by atoms with Gasteiger partial charge >= 0.3 is 0 Å². The highest BCUT2D eigenvalue weighted by Gasteiger charge is 2.18. The molecule has 2 rings (SSSR count). The van der Waals surface area contributed by atoms with E-state index in [9.17, 15) is 0 Å². The second kappa shape index (κ2) is 4.96. The van der Waals surface area contributed by atoms with Crippen LogP contribution < -0.4 is 11.1 Å². The first-order valence-electron chi connectivity index (χ1n) is 6.36. The number of aryl methyl sites for hydroxylation is 2. The first-order valence-corrected chi connectivity index (χ1v) is 6.36. The molecule has 0 bridgehead atoms. The summed E-state index contributed by atoms with van der Waals surface area (Å²) in [7, 11) is 1.92. The van der Waals surface area contributed by atoms with Crippen molar-refractivity contribution in [3.63, 3.8) is 0 Å². The maximum atomic E-state index is 5.98. The van der Waals surface area contributed by atoms with E-state index in [0.717, 1.165) is 23.7 Å². The van der Waals surface area contributed by atoms with Crippen molar-refractivity contribution in [1.29, 1.82) is 0 Å². The Labute approximate surface area is 103 Å². The fourth-order valence-electron chi connectivity index (χ4n) is 2.44. The largest absolute Gasteiger partial charge is 0.394 e. The molecule has 0 aliphatic carbocycles. The van der Waals surface area contributed by atoms with Gasteiger partial charge in [-0.1, -0.05) is 0 Å². The zero-order valence-corrected chi connectivity index (χ0v) is 11.0. The fraction of sp³-hybridized carbons (Fsp3) is 0.750. The van der Waals surface area contributed by atoms with E-state index in [2.05, 4.69) is 22.2 Å². The van der Waals surface area contributed by atoms with Gasteiger partial charge in [0.05, 0.1) is 11.4 Å². The van der Waals surface area contributed by atoms with E-state index < -0.39 is 0 Å². The van der Waals surface area contributed by atoms with E-state index in [0.29, 0.717) is 6.04 Å². The lowest BCUT2D eigenvalue weighted by atomic mass is 10.3. The minimum absolute atomic E-state index is 0.548. The molecule has 0 saturated carbocycles. The van der Waals surface area contributed by atoms with Crippen LogP contribution in [-0.4, -0.2) is 40.4 Å². The van der Waals surface area contributed by atoms with Gasteiger partial charge in [0.1, 0.15) is 5.82 Å². The minimum Gasteiger partial charge on any atom is -0.394 e. The molecule has 0 amide bonds. The first kappa shape index (κ1) is 12.2. The Balaban J connectivity index is 1.92. The predicted molar refractivity (Wildman–Crippen MR) is 71.1 cm³/mol. The molecule has 0 spiro atoms. The highest BCUT2D eigenvalue weighted by Crippen LogP contribution is 2.21. The van der Waals surface area contributed by atoms with Gasteiger partial charge < -0.3 is 11.1 Å². The van der Waals surface area contributed by atoms with Gasteiger partial charge in [-0.3, -0.25) is 9.58 Å². The van der Waals surface area contributed by atoms with Crippen LogP contribution in [-0.2, 0) is 7.05 Å². The number of hydrogen-bond donors (Lipinski definition) is 2. The molecule has 1 aliphatic rings. The molecule has 1 unspecified atom stereocenters. The van der Waals surface area contributed by atoms with Crippen molar-refractivity contribution in [2.24, 2.45) is 7.05 Å². The SMILES string of the molecule is Cc1nn(C)c(NCC(C)N2CCCC2)c1N. The second-order valence-corrected chi connectivity index (χ2v) is 4.94. The molecule has 1 saturated heterocycles. The highest BCUT2D eigenvalue weighted by molar-refractivity contribution is 5.64. The molecule has 1 aliphatic heterocycles. The Kier molecular flexibility index (Phi) is 3.57. The van der Waals surface area contributed by atoms with Gasteiger partial charge in [-0.25, -0.2) is 0 Å². The maximum absolute atomic E-state index is 5.98. The quantitative estimate of drug-likeness (QED) is 0.826. The Morgan fingerprint density at radius 1 is 1.41 bits per heavy atom. The molecule has 96 valence electrons. The third kappa shape index (κ3) is 2.54. The topological polar surface area (TPSA) is 59.1 Å². The molecule has 17 heavy (non-hydrogen) atoms. The molecule has 0 aromatic carbocycles. The van der Waals surface area contributed by atoms with Gasteiger partial charge in [0.15, 0.2) is 0 Å². The zero-order valence-electron chi connectivity index (χ0n) is 11.0. The van der Waals surface area contributed by atoms with Crippen LogP contribution in [0.4, 0.5) is 11.5 Å². The number of likely N-dealkylation sites (tertiary alicyclic amines) is 1. The van der Waals surface area contributed by atoms with Crippen LogP contribution >= 0.6 is 0 Å². The van der Waals surface area contributed by atoms with Crippen LogP contribution in [0.5, 0.6) is 0 Å². The summed E-state index contributed by atoms with van der Waals surface area (Å²) < 4.78 is 1.82. The van der Waals surface area contributed by atoms with Gasteiger partial charge in [-0.15, -0.1) is 0 Å². The van der Waals surface area contributed by atoms with Crippen LogP contribution in [0.1, 0.15) is 25.5 Å². The second-order valence-electron chi connectivity index (χ2n) is 4.94. The number of nitrogens with two attached hydrogens (primary N) is 1. The van der Waals surface area contributed by atoms with Crippen molar-refractivity contribution in [2.75, 3.05) is 30.7 Å². The van der Waals surface area contributed by atoms with E-state index >= 15 is 0 Å². The summed E-state index contributed by atoms with van der Waals surface area (Å²) in [6.45, 7) is 7.57. The van der Waals surface area contributed by atoms with E-state index in [1.54, 1.807) is 0 Å². The van der Waals surface area contributed by atoms with Crippen molar-refractivity contribution in [2.45, 2.75) is 32.7 Å². The fourth-order valence-corrected chi connectivity index (χ4v) is 2.44. The third-order valence-electron chi connectivity index (χ3n) is 3.60. The lowest BCUT2D eigenvalue weighted by molar-refractivity contribution is 0.269. The summed E-state index contributed by atoms with van der Waals surface area (Å²) in [5.74, 6) is 0.938. The van der Waals surface area contributed by atoms with Crippen LogP contribution in [0.2, 0.25) is 0 Å². The third-order valence-corrected chi connectivity index (χ3v) is 3.60. The zero-order chi connectivity index (χ0) is 12.4. The molecule has 5 heteroatoms. The van der Waals surface area contributed by atoms with E-state index in [-0.39, 0.29) is 0 Å². The summed E-state index contributed by atoms with van der Waals surface area (Å²) in [5.41, 5.74) is 7.64. The molecule has 0 radical (unpaired) electrons. The molecule has 1 fully saturated rings. The van der Waals surface area contributed by atoms with Crippen molar-refractivity contribution < 1.29 is 0 Å². The Morgan fingerprint density at radius 3 is 2.59 bits per heavy atom. The average Bonchev–Trinajstić information content (AvgIpc) is 2.88. The minimum atomic E-state index is 0.548. The van der Waals surface area contributed by atoms with E-state index in [4.69, 9.17) is 5.73 Å². The molecule has 1 aromatic rings. The number of nitrogens with zero attached hydrogens (tertiary/aromatic N) is 3. The molecule has 5 nitrogen and oxygen atoms in total. The van der Waals surface area contributed by atoms with Crippen LogP contribution in [0.25, 0.3) is 0 Å². The van der Waals surface area contributed by atoms with Gasteiger partial charge in [0, 0.05) is 19.6 Å². The smallest absolute Gasteiger partial charge is 0.147 e. The summed E-state index contributed by atoms with van der Waals surface area (Å²) in [6.07, 6.45) is 2.66. The lowest BCUT2D eigenvalue weighted by Crippen LogP contribution is -2.35. The van der Waals surface area contributed by atoms with Gasteiger partial charge in [-0.2, -0.15) is 5.10 Å². The maximum Gasteiger partial charge on any atom is 0.147 e. The summed E-state index contributed by atoms with van der Waals surface area (Å²) >= 11 is 0. The summed E-state index contributed by atoms with van der Waals surface area (Å²) in [5, 5.41) is 7.71. The molecule has 3 N–H and O–H groups in total. The summed E-state index contributed by atoms with van der Waals surface area (Å²) in [6, 6.07) is 0.548. The molecule has 2 heterocycles. The number of nitrogen functional groups attached to an aromatic ring is 1. The van der Waals surface area contributed by atoms with Gasteiger partial charge in [0.25, 0.3) is 0 Å². The average molecular weight is 237 g/mol. The highest BCUT2D eigenvalue weighted by atomic mass is 15.3. The van der Waals surface area contributed by atoms with Crippen molar-refractivity contribution in [3.8, 4) is 0 Å². The number of rotatable bonds is 4. The predicted octanol–water partition coefficient (Wildman–Crippen LogP) is 1.21. The molecule has 1 aromatic heterocycles. The standard InChI is InChI=1S/C12H23N5/c1-9(17-6-4-5-7-17)8-14-12-11(13)10(2)15-16(12)3/h9,14H,4-8,13H2,1-3H3. The number of nitrogens with one attached hydrogen (secondary N) is 1. The Morgan fingerprint density at radius 2 is 2.06 bits per heavy atom. The normalized spacial score (nSPS) is 18.5. The van der Waals surface area contributed by atoms with Gasteiger partial charge in [0.2, 0.25) is 0 Å². The van der Waals surface area contributed by atoms with Crippen LogP contribution in [0.15, 0.2) is 0 Å². The summed E-state index contributed by atoms with van der Waals surface area (Å²) in [4.78, 5) is 2.52. The number of aromatic nitrogens is 2.